The lowest BCUT2D eigenvalue weighted by Gasteiger charge is -2.34. The fourth-order valence-corrected chi connectivity index (χ4v) is 3.00. The van der Waals surface area contributed by atoms with Crippen LogP contribution in [0.4, 0.5) is 8.78 Å². The summed E-state index contributed by atoms with van der Waals surface area (Å²) in [7, 11) is 0. The van der Waals surface area contributed by atoms with E-state index in [9.17, 15) is 13.9 Å². The molecule has 0 saturated carbocycles. The quantitative estimate of drug-likeness (QED) is 0.852. The molecule has 1 aliphatic heterocycles. The van der Waals surface area contributed by atoms with Gasteiger partial charge in [-0.25, -0.2) is 8.78 Å². The Morgan fingerprint density at radius 3 is 3.00 bits per heavy atom. The lowest BCUT2D eigenvalue weighted by molar-refractivity contribution is 0.202. The van der Waals surface area contributed by atoms with Crippen LogP contribution < -0.4 is 5.32 Å². The van der Waals surface area contributed by atoms with E-state index in [1.54, 1.807) is 6.20 Å². The van der Waals surface area contributed by atoms with Crippen LogP contribution in [0.15, 0.2) is 24.0 Å². The molecule has 2 N–H and O–H groups in total. The molecule has 5 heteroatoms. The maximum absolute atomic E-state index is 13.7. The third-order valence-electron chi connectivity index (χ3n) is 3.94. The third kappa shape index (κ3) is 2.18. The Kier molecular flexibility index (Phi) is 3.14. The van der Waals surface area contributed by atoms with E-state index in [2.05, 4.69) is 10.2 Å². The van der Waals surface area contributed by atoms with Crippen LogP contribution in [0.3, 0.4) is 0 Å². The van der Waals surface area contributed by atoms with Crippen molar-refractivity contribution >= 4 is 0 Å². The number of nitrogens with zero attached hydrogens (tertiary/aromatic N) is 1. The first-order chi connectivity index (χ1) is 9.19. The van der Waals surface area contributed by atoms with Crippen LogP contribution in [0.1, 0.15) is 17.5 Å². The molecule has 2 aliphatic rings. The Morgan fingerprint density at radius 2 is 2.21 bits per heavy atom. The molecular formula is C14H16F2N2O. The number of nitrogens with one attached hydrogen (secondary N) is 1. The van der Waals surface area contributed by atoms with Gasteiger partial charge in [0.1, 0.15) is 11.6 Å². The highest BCUT2D eigenvalue weighted by Gasteiger charge is 2.29. The molecule has 3 rings (SSSR count). The van der Waals surface area contributed by atoms with Crippen LogP contribution in [0, 0.1) is 11.6 Å². The second kappa shape index (κ2) is 4.81. The van der Waals surface area contributed by atoms with Gasteiger partial charge in [-0.3, -0.25) is 0 Å². The highest BCUT2D eigenvalue weighted by Crippen LogP contribution is 2.29. The molecular weight excluding hydrogens is 250 g/mol. The summed E-state index contributed by atoms with van der Waals surface area (Å²) in [4.78, 5) is 2.08. The normalized spacial score (nSPS) is 21.9. The monoisotopic (exact) mass is 266 g/mol. The van der Waals surface area contributed by atoms with Gasteiger partial charge in [0.25, 0.3) is 0 Å². The van der Waals surface area contributed by atoms with Crippen molar-refractivity contribution in [2.75, 3.05) is 13.3 Å². The zero-order valence-corrected chi connectivity index (χ0v) is 10.5. The SMILES string of the molecule is OCC1=CNCN1[C@H]1CCc2c(F)cc(F)cc2C1. The largest absolute Gasteiger partial charge is 0.390 e. The van der Waals surface area contributed by atoms with E-state index in [1.165, 1.54) is 6.07 Å². The second-order valence-corrected chi connectivity index (χ2v) is 5.05. The second-order valence-electron chi connectivity index (χ2n) is 5.05. The van der Waals surface area contributed by atoms with E-state index in [0.717, 1.165) is 23.7 Å². The third-order valence-corrected chi connectivity index (χ3v) is 3.94. The summed E-state index contributed by atoms with van der Waals surface area (Å²) < 4.78 is 26.9. The summed E-state index contributed by atoms with van der Waals surface area (Å²) in [5.74, 6) is -0.958. The average molecular weight is 266 g/mol. The highest BCUT2D eigenvalue weighted by atomic mass is 19.1. The highest BCUT2D eigenvalue weighted by molar-refractivity contribution is 5.33. The summed E-state index contributed by atoms with van der Waals surface area (Å²) >= 11 is 0. The van der Waals surface area contributed by atoms with Crippen LogP contribution in [0.2, 0.25) is 0 Å². The molecule has 19 heavy (non-hydrogen) atoms. The van der Waals surface area contributed by atoms with E-state index in [1.807, 2.05) is 0 Å². The number of fused-ring (bicyclic) bond motifs is 1. The van der Waals surface area contributed by atoms with Gasteiger partial charge in [-0.15, -0.1) is 0 Å². The van der Waals surface area contributed by atoms with Crippen molar-refractivity contribution in [1.82, 2.24) is 10.2 Å². The fourth-order valence-electron chi connectivity index (χ4n) is 3.00. The Morgan fingerprint density at radius 1 is 1.37 bits per heavy atom. The predicted molar refractivity (Wildman–Crippen MR) is 67.2 cm³/mol. The predicted octanol–water partition coefficient (Wildman–Crippen LogP) is 1.52. The smallest absolute Gasteiger partial charge is 0.129 e. The maximum atomic E-state index is 13.7. The van der Waals surface area contributed by atoms with Crippen LogP contribution in [0.5, 0.6) is 0 Å². The van der Waals surface area contributed by atoms with Gasteiger partial charge < -0.3 is 15.3 Å². The van der Waals surface area contributed by atoms with Crippen molar-refractivity contribution in [2.24, 2.45) is 0 Å². The van der Waals surface area contributed by atoms with Crippen molar-refractivity contribution in [3.63, 3.8) is 0 Å². The molecule has 1 aromatic rings. The van der Waals surface area contributed by atoms with Crippen LogP contribution in [-0.2, 0) is 12.8 Å². The van der Waals surface area contributed by atoms with Crippen molar-refractivity contribution in [2.45, 2.75) is 25.3 Å². The summed E-state index contributed by atoms with van der Waals surface area (Å²) in [5.41, 5.74) is 2.22. The number of aliphatic hydroxyl groups excluding tert-OH is 1. The van der Waals surface area contributed by atoms with E-state index in [-0.39, 0.29) is 12.6 Å². The molecule has 1 atom stereocenters. The molecule has 0 radical (unpaired) electrons. The van der Waals surface area contributed by atoms with Gasteiger partial charge in [0, 0.05) is 18.3 Å². The van der Waals surface area contributed by atoms with E-state index >= 15 is 0 Å². The van der Waals surface area contributed by atoms with Crippen LogP contribution in [0.25, 0.3) is 0 Å². The van der Waals surface area contributed by atoms with Crippen molar-refractivity contribution in [1.29, 1.82) is 0 Å². The van der Waals surface area contributed by atoms with E-state index in [0.29, 0.717) is 25.1 Å². The van der Waals surface area contributed by atoms with Crippen molar-refractivity contribution in [3.8, 4) is 0 Å². The maximum Gasteiger partial charge on any atom is 0.129 e. The Labute approximate surface area is 110 Å². The molecule has 0 fully saturated rings. The first-order valence-electron chi connectivity index (χ1n) is 6.45. The van der Waals surface area contributed by atoms with Crippen LogP contribution in [-0.4, -0.2) is 29.3 Å². The number of rotatable bonds is 2. The molecule has 0 amide bonds. The minimum atomic E-state index is -0.519. The summed E-state index contributed by atoms with van der Waals surface area (Å²) in [6.45, 7) is 0.627. The van der Waals surface area contributed by atoms with Gasteiger partial charge in [-0.2, -0.15) is 0 Å². The Balaban J connectivity index is 1.84. The lowest BCUT2D eigenvalue weighted by atomic mass is 9.87. The minimum Gasteiger partial charge on any atom is -0.390 e. The zero-order chi connectivity index (χ0) is 13.4. The van der Waals surface area contributed by atoms with Gasteiger partial charge in [0.05, 0.1) is 19.0 Å². The summed E-state index contributed by atoms with van der Waals surface area (Å²) in [6.07, 6.45) is 3.83. The molecule has 3 nitrogen and oxygen atoms in total. The van der Waals surface area contributed by atoms with Gasteiger partial charge in [0.2, 0.25) is 0 Å². The molecule has 0 bridgehead atoms. The minimum absolute atomic E-state index is 0.0200. The lowest BCUT2D eigenvalue weighted by Crippen LogP contribution is -2.39. The van der Waals surface area contributed by atoms with Crippen molar-refractivity contribution < 1.29 is 13.9 Å². The number of halogens is 2. The van der Waals surface area contributed by atoms with E-state index < -0.39 is 11.6 Å². The molecule has 0 saturated heterocycles. The number of aliphatic hydroxyl groups is 1. The average Bonchev–Trinajstić information content (AvgIpc) is 2.86. The molecule has 1 aliphatic carbocycles. The molecule has 102 valence electrons. The molecule has 0 unspecified atom stereocenters. The molecule has 1 aromatic carbocycles. The molecule has 0 aromatic heterocycles. The Bertz CT molecular complexity index is 530. The number of benzene rings is 1. The molecule has 0 spiro atoms. The number of hydrogen-bond donors (Lipinski definition) is 2. The topological polar surface area (TPSA) is 35.5 Å². The van der Waals surface area contributed by atoms with Gasteiger partial charge in [0.15, 0.2) is 0 Å². The van der Waals surface area contributed by atoms with E-state index in [4.69, 9.17) is 0 Å². The standard InChI is InChI=1S/C14H16F2N2O/c15-10-3-9-4-11(1-2-13(9)14(16)5-10)18-8-17-6-12(18)7-19/h3,5-6,11,17,19H,1-2,4,7-8H2/t11-/m0/s1. The first kappa shape index (κ1) is 12.4. The van der Waals surface area contributed by atoms with Gasteiger partial charge >= 0.3 is 0 Å². The fraction of sp³-hybridized carbons (Fsp3) is 0.429. The first-order valence-corrected chi connectivity index (χ1v) is 6.45. The summed E-state index contributed by atoms with van der Waals surface area (Å²) in [6, 6.07) is 2.56. The van der Waals surface area contributed by atoms with Gasteiger partial charge in [-0.1, -0.05) is 0 Å². The Hall–Kier alpha value is -1.62. The molecule has 1 heterocycles. The van der Waals surface area contributed by atoms with Crippen molar-refractivity contribution in [3.05, 3.63) is 46.8 Å². The van der Waals surface area contributed by atoms with Crippen LogP contribution >= 0.6 is 0 Å². The summed E-state index contributed by atoms with van der Waals surface area (Å²) in [5, 5.41) is 12.4. The zero-order valence-electron chi connectivity index (χ0n) is 10.5. The van der Waals surface area contributed by atoms with Gasteiger partial charge in [-0.05, 0) is 36.5 Å². The number of hydrogen-bond acceptors (Lipinski definition) is 3.